The second kappa shape index (κ2) is 15.9. The fraction of sp³-hybridized carbons (Fsp3) is 0.429. The quantitative estimate of drug-likeness (QED) is 0.143. The molecule has 0 radical (unpaired) electrons. The van der Waals surface area contributed by atoms with E-state index in [-0.39, 0.29) is 31.7 Å². The van der Waals surface area contributed by atoms with E-state index < -0.39 is 0 Å². The first-order chi connectivity index (χ1) is 22.2. The molecule has 0 spiro atoms. The molecule has 0 unspecified atom stereocenters. The summed E-state index contributed by atoms with van der Waals surface area (Å²) in [5.74, 6) is 1.12. The molecule has 0 saturated heterocycles. The van der Waals surface area contributed by atoms with Crippen molar-refractivity contribution in [2.45, 2.75) is 106 Å². The first-order valence-electron chi connectivity index (χ1n) is 17.2. The van der Waals surface area contributed by atoms with Crippen molar-refractivity contribution in [3.05, 3.63) is 94.8 Å². The van der Waals surface area contributed by atoms with Gasteiger partial charge in [0, 0.05) is 21.2 Å². The van der Waals surface area contributed by atoms with Crippen LogP contribution in [0.5, 0.6) is 0 Å². The van der Waals surface area contributed by atoms with Crippen molar-refractivity contribution in [1.29, 1.82) is 0 Å². The van der Waals surface area contributed by atoms with E-state index in [0.717, 1.165) is 33.3 Å². The van der Waals surface area contributed by atoms with Gasteiger partial charge < -0.3 is 10.6 Å². The van der Waals surface area contributed by atoms with Gasteiger partial charge in [0.15, 0.2) is 0 Å². The van der Waals surface area contributed by atoms with Crippen molar-refractivity contribution in [2.75, 3.05) is 0 Å². The Bertz CT molecular complexity index is 1970. The van der Waals surface area contributed by atoms with Crippen molar-refractivity contribution >= 4 is 53.2 Å². The van der Waals surface area contributed by atoms with Crippen molar-refractivity contribution < 1.29 is 20.1 Å². The van der Waals surface area contributed by atoms with Crippen molar-refractivity contribution in [2.24, 2.45) is 11.8 Å². The van der Waals surface area contributed by atoms with E-state index in [2.05, 4.69) is 154 Å². The Hall–Kier alpha value is -2.73. The zero-order valence-corrected chi connectivity index (χ0v) is 33.7. The van der Waals surface area contributed by atoms with E-state index in [4.69, 9.17) is 9.97 Å². The predicted octanol–water partition coefficient (Wildman–Crippen LogP) is 12.6. The van der Waals surface area contributed by atoms with Crippen LogP contribution in [0, 0.1) is 17.9 Å². The number of fused-ring (bicyclic) bond motifs is 6. The van der Waals surface area contributed by atoms with E-state index in [1.54, 1.807) is 17.7 Å². The molecular formula is C42H51IrN4S. The van der Waals surface area contributed by atoms with Gasteiger partial charge in [0.1, 0.15) is 11.2 Å². The van der Waals surface area contributed by atoms with E-state index in [9.17, 15) is 0 Å². The third-order valence-electron chi connectivity index (χ3n) is 8.33. The third-order valence-corrected chi connectivity index (χ3v) is 9.46. The second-order valence-corrected chi connectivity index (χ2v) is 16.1. The number of benzene rings is 4. The van der Waals surface area contributed by atoms with Gasteiger partial charge in [-0.2, -0.15) is 0 Å². The van der Waals surface area contributed by atoms with Gasteiger partial charge in [0.2, 0.25) is 0 Å². The molecule has 48 heavy (non-hydrogen) atoms. The topological polar surface area (TPSA) is 54.0 Å². The monoisotopic (exact) mass is 836 g/mol. The summed E-state index contributed by atoms with van der Waals surface area (Å²) in [6.07, 6.45) is 2.96. The average molecular weight is 836 g/mol. The fourth-order valence-corrected chi connectivity index (χ4v) is 7.53. The van der Waals surface area contributed by atoms with Crippen LogP contribution >= 0.6 is 11.3 Å². The van der Waals surface area contributed by atoms with Gasteiger partial charge in [-0.1, -0.05) is 142 Å². The largest absolute Gasteiger partial charge is 3.00 e. The maximum absolute atomic E-state index is 4.84. The van der Waals surface area contributed by atoms with E-state index in [1.165, 1.54) is 37.4 Å². The molecule has 254 valence electrons. The first-order valence-corrected chi connectivity index (χ1v) is 18.0. The first kappa shape index (κ1) is 38.1. The van der Waals surface area contributed by atoms with Crippen LogP contribution < -0.4 is 0 Å². The van der Waals surface area contributed by atoms with Gasteiger partial charge >= 0.3 is 20.1 Å². The molecule has 0 atom stereocenters. The molecular weight excluding hydrogens is 785 g/mol. The van der Waals surface area contributed by atoms with Crippen LogP contribution in [0.1, 0.15) is 87.3 Å². The summed E-state index contributed by atoms with van der Waals surface area (Å²) >= 11 is 1.79. The zero-order valence-electron chi connectivity index (χ0n) is 30.5. The van der Waals surface area contributed by atoms with E-state index in [1.807, 2.05) is 0 Å². The summed E-state index contributed by atoms with van der Waals surface area (Å²) in [4.78, 5) is 10.6. The average Bonchev–Trinajstić information content (AvgIpc) is 3.38. The Labute approximate surface area is 305 Å². The summed E-state index contributed by atoms with van der Waals surface area (Å²) in [6, 6.07) is 26.5. The summed E-state index contributed by atoms with van der Waals surface area (Å²) in [7, 11) is 0. The molecule has 0 saturated carbocycles. The fourth-order valence-electron chi connectivity index (χ4n) is 6.29. The molecule has 0 bridgehead atoms. The normalized spacial score (nSPS) is 12.2. The molecule has 6 rings (SSSR count). The predicted molar refractivity (Wildman–Crippen MR) is 207 cm³/mol. The summed E-state index contributed by atoms with van der Waals surface area (Å²) in [5.41, 5.74) is 4.75. The molecule has 6 aromatic rings. The number of hydrogen-bond donors (Lipinski definition) is 0. The molecule has 6 heteroatoms. The molecule has 4 aromatic carbocycles. The molecule has 4 nitrogen and oxygen atoms in total. The Kier molecular flexibility index (Phi) is 12.6. The number of rotatable bonds is 8. The van der Waals surface area contributed by atoms with Crippen LogP contribution in [-0.2, 0) is 31.9 Å². The minimum atomic E-state index is 0. The van der Waals surface area contributed by atoms with Crippen LogP contribution in [0.3, 0.4) is 0 Å². The molecule has 0 aliphatic heterocycles. The zero-order chi connectivity index (χ0) is 34.0. The van der Waals surface area contributed by atoms with Crippen LogP contribution in [0.2, 0.25) is 0 Å². The van der Waals surface area contributed by atoms with Gasteiger partial charge in [0.25, 0.3) is 0 Å². The standard InChI is InChI=1S/C32H29N2S.C10H22N2.Ir/c1-19(2)15-22-11-8-10-20-13-14-25-28-29(33-18-34-31(28)35-30(25)27(20)22)23-16-21-9-6-7-12-24(21)26(17-23)32(3,4)5;1-7(2)10(11-8(3)4)12-9(5)6;/h6-14,17-19H,15H2,1-5H3;7-10H,1-6H3;/q-1;-2;+3. The smallest absolute Gasteiger partial charge is 0.675 e. The van der Waals surface area contributed by atoms with Gasteiger partial charge in [-0.15, -0.1) is 52.6 Å². The molecule has 2 heterocycles. The van der Waals surface area contributed by atoms with Crippen LogP contribution in [-0.4, -0.2) is 28.2 Å². The molecule has 0 N–H and O–H groups in total. The summed E-state index contributed by atoms with van der Waals surface area (Å²) in [5, 5.41) is 16.5. The number of thiophene rings is 1. The Morgan fingerprint density at radius 1 is 0.771 bits per heavy atom. The van der Waals surface area contributed by atoms with Gasteiger partial charge in [0.05, 0.1) is 0 Å². The second-order valence-electron chi connectivity index (χ2n) is 15.1. The molecule has 0 aliphatic carbocycles. The molecule has 2 aromatic heterocycles. The Balaban J connectivity index is 0.000000345. The van der Waals surface area contributed by atoms with Crippen molar-refractivity contribution in [1.82, 2.24) is 9.97 Å². The number of nitrogens with zero attached hydrogens (tertiary/aromatic N) is 4. The van der Waals surface area contributed by atoms with E-state index >= 15 is 0 Å². The number of aromatic nitrogens is 2. The van der Waals surface area contributed by atoms with Crippen molar-refractivity contribution in [3.8, 4) is 11.3 Å². The SMILES string of the molecule is CC(C)Cc1cccc2ccc3c(sc4ncnc(-c5[c-]c6ccccc6c(C(C)(C)C)c5)c43)c12.CC(C)[N-]C([N-]C(C)C)C(C)C.[Ir+3]. The minimum absolute atomic E-state index is 0. The summed E-state index contributed by atoms with van der Waals surface area (Å²) < 4.78 is 1.31. The van der Waals surface area contributed by atoms with Crippen LogP contribution in [0.15, 0.2) is 67.0 Å². The Morgan fingerprint density at radius 3 is 2.08 bits per heavy atom. The van der Waals surface area contributed by atoms with Gasteiger partial charge in [-0.25, -0.2) is 11.1 Å². The summed E-state index contributed by atoms with van der Waals surface area (Å²) in [6.45, 7) is 24.1. The number of hydrogen-bond acceptors (Lipinski definition) is 3. The van der Waals surface area contributed by atoms with E-state index in [0.29, 0.717) is 23.9 Å². The van der Waals surface area contributed by atoms with Gasteiger partial charge in [-0.3, -0.25) is 4.98 Å². The molecule has 0 aliphatic rings. The maximum Gasteiger partial charge on any atom is 3.00 e. The van der Waals surface area contributed by atoms with Crippen molar-refractivity contribution in [3.63, 3.8) is 0 Å². The van der Waals surface area contributed by atoms with Crippen LogP contribution in [0.25, 0.3) is 63.7 Å². The third kappa shape index (κ3) is 8.52. The minimum Gasteiger partial charge on any atom is -0.675 e. The van der Waals surface area contributed by atoms with Gasteiger partial charge in [-0.05, 0) is 34.1 Å². The molecule has 0 amide bonds. The molecule has 0 fully saturated rings. The Morgan fingerprint density at radius 2 is 1.46 bits per heavy atom. The maximum atomic E-state index is 4.84. The van der Waals surface area contributed by atoms with Crippen LogP contribution in [0.4, 0.5) is 0 Å².